The second kappa shape index (κ2) is 6.89. The third-order valence-corrected chi connectivity index (χ3v) is 4.59. The van der Waals surface area contributed by atoms with Crippen LogP contribution in [0, 0.1) is 0 Å². The third-order valence-electron chi connectivity index (χ3n) is 4.34. The number of rotatable bonds is 5. The van der Waals surface area contributed by atoms with Gasteiger partial charge in [-0.15, -0.1) is 5.10 Å². The zero-order chi connectivity index (χ0) is 17.2. The molecule has 1 N–H and O–H groups in total. The van der Waals surface area contributed by atoms with E-state index in [0.29, 0.717) is 29.2 Å². The summed E-state index contributed by atoms with van der Waals surface area (Å²) in [5, 5.41) is 20.0. The molecule has 0 radical (unpaired) electrons. The van der Waals surface area contributed by atoms with E-state index in [2.05, 4.69) is 31.0 Å². The van der Waals surface area contributed by atoms with Crippen molar-refractivity contribution in [2.24, 2.45) is 0 Å². The number of nitrogens with zero attached hydrogens (tertiary/aromatic N) is 6. The highest BCUT2D eigenvalue weighted by Gasteiger charge is 2.24. The van der Waals surface area contributed by atoms with Gasteiger partial charge in [-0.3, -0.25) is 0 Å². The molecule has 25 heavy (non-hydrogen) atoms. The van der Waals surface area contributed by atoms with Gasteiger partial charge in [0, 0.05) is 30.5 Å². The summed E-state index contributed by atoms with van der Waals surface area (Å²) in [6, 6.07) is 7.91. The van der Waals surface area contributed by atoms with Crippen LogP contribution in [0.25, 0.3) is 0 Å². The van der Waals surface area contributed by atoms with Crippen LogP contribution in [-0.4, -0.2) is 36.4 Å². The van der Waals surface area contributed by atoms with Crippen molar-refractivity contribution in [1.82, 2.24) is 35.7 Å². The summed E-state index contributed by atoms with van der Waals surface area (Å²) < 4.78 is 7.27. The predicted molar refractivity (Wildman–Crippen MR) is 90.0 cm³/mol. The molecule has 0 amide bonds. The Balaban J connectivity index is 1.37. The third kappa shape index (κ3) is 3.69. The smallest absolute Gasteiger partial charge is 0.243 e. The molecule has 0 saturated carbocycles. The van der Waals surface area contributed by atoms with Gasteiger partial charge >= 0.3 is 0 Å². The highest BCUT2D eigenvalue weighted by atomic mass is 35.5. The van der Waals surface area contributed by atoms with E-state index < -0.39 is 0 Å². The van der Waals surface area contributed by atoms with Crippen molar-refractivity contribution in [2.45, 2.75) is 44.8 Å². The van der Waals surface area contributed by atoms with Crippen LogP contribution in [-0.2, 0) is 19.4 Å². The van der Waals surface area contributed by atoms with Crippen LogP contribution in [0.5, 0.6) is 0 Å². The number of aromatic nitrogens is 6. The van der Waals surface area contributed by atoms with Gasteiger partial charge in [-0.25, -0.2) is 4.68 Å². The molecule has 3 aromatic rings. The Hall–Kier alpha value is -2.32. The molecule has 1 aromatic carbocycles. The Morgan fingerprint density at radius 2 is 2.20 bits per heavy atom. The lowest BCUT2D eigenvalue weighted by atomic mass is 10.1. The fraction of sp³-hybridized carbons (Fsp3) is 0.438. The van der Waals surface area contributed by atoms with Gasteiger partial charge in [-0.05, 0) is 41.5 Å². The minimum Gasteiger partial charge on any atom is -0.338 e. The molecule has 4 rings (SSSR count). The Kier molecular flexibility index (Phi) is 4.46. The molecule has 8 nitrogen and oxygen atoms in total. The second-order valence-electron chi connectivity index (χ2n) is 6.25. The van der Waals surface area contributed by atoms with E-state index in [9.17, 15) is 0 Å². The topological polar surface area (TPSA) is 94.6 Å². The number of nitrogens with one attached hydrogen (secondary N) is 1. The molecule has 0 fully saturated rings. The van der Waals surface area contributed by atoms with Gasteiger partial charge in [0.2, 0.25) is 5.89 Å². The first-order valence-electron chi connectivity index (χ1n) is 8.25. The van der Waals surface area contributed by atoms with E-state index in [-0.39, 0.29) is 6.04 Å². The molecule has 9 heteroatoms. The normalized spacial score (nSPS) is 18.1. The first-order valence-corrected chi connectivity index (χ1v) is 8.63. The van der Waals surface area contributed by atoms with E-state index in [1.165, 1.54) is 0 Å². The first kappa shape index (κ1) is 16.2. The molecule has 1 aliphatic heterocycles. The van der Waals surface area contributed by atoms with Crippen LogP contribution >= 0.6 is 11.6 Å². The van der Waals surface area contributed by atoms with E-state index in [1.807, 2.05) is 35.9 Å². The molecule has 0 aliphatic carbocycles. The number of aryl methyl sites for hydroxylation is 1. The molecule has 2 aromatic heterocycles. The van der Waals surface area contributed by atoms with Crippen molar-refractivity contribution in [3.63, 3.8) is 0 Å². The van der Waals surface area contributed by atoms with Crippen LogP contribution in [0.4, 0.5) is 0 Å². The maximum absolute atomic E-state index is 5.91. The van der Waals surface area contributed by atoms with Crippen LogP contribution in [0.2, 0.25) is 5.02 Å². The van der Waals surface area contributed by atoms with Gasteiger partial charge in [0.1, 0.15) is 0 Å². The van der Waals surface area contributed by atoms with Gasteiger partial charge in [0.15, 0.2) is 11.6 Å². The van der Waals surface area contributed by atoms with Gasteiger partial charge < -0.3 is 9.84 Å². The highest BCUT2D eigenvalue weighted by Crippen LogP contribution is 2.18. The summed E-state index contributed by atoms with van der Waals surface area (Å²) in [5.74, 6) is 2.16. The maximum atomic E-state index is 5.91. The zero-order valence-corrected chi connectivity index (χ0v) is 14.5. The average molecular weight is 360 g/mol. The van der Waals surface area contributed by atoms with Crippen LogP contribution in [0.3, 0.4) is 0 Å². The lowest BCUT2D eigenvalue weighted by molar-refractivity contribution is 0.296. The molecular formula is C16H18ClN7O. The summed E-state index contributed by atoms with van der Waals surface area (Å²) in [7, 11) is 0. The SMILES string of the molecule is CC(NC1CCn2nnnc2C1)c1nc(Cc2ccc(Cl)cc2)no1. The monoisotopic (exact) mass is 359 g/mol. The summed E-state index contributed by atoms with van der Waals surface area (Å²) in [5.41, 5.74) is 1.09. The van der Waals surface area contributed by atoms with E-state index in [0.717, 1.165) is 30.8 Å². The minimum absolute atomic E-state index is 0.0288. The number of tetrazole rings is 1. The molecule has 3 heterocycles. The van der Waals surface area contributed by atoms with Crippen LogP contribution in [0.15, 0.2) is 28.8 Å². The lowest BCUT2D eigenvalue weighted by Gasteiger charge is -2.24. The molecule has 0 saturated heterocycles. The Morgan fingerprint density at radius 3 is 3.04 bits per heavy atom. The molecule has 1 aliphatic rings. The van der Waals surface area contributed by atoms with Crippen molar-refractivity contribution in [3.05, 3.63) is 52.4 Å². The quantitative estimate of drug-likeness (QED) is 0.744. The first-order chi connectivity index (χ1) is 12.2. The number of hydrogen-bond acceptors (Lipinski definition) is 7. The minimum atomic E-state index is -0.0288. The number of benzene rings is 1. The number of fused-ring (bicyclic) bond motifs is 1. The fourth-order valence-corrected chi connectivity index (χ4v) is 3.14. The zero-order valence-electron chi connectivity index (χ0n) is 13.8. The van der Waals surface area contributed by atoms with E-state index in [1.54, 1.807) is 0 Å². The Labute approximate surface area is 149 Å². The van der Waals surface area contributed by atoms with Gasteiger partial charge in [-0.2, -0.15) is 4.98 Å². The fourth-order valence-electron chi connectivity index (χ4n) is 3.01. The van der Waals surface area contributed by atoms with E-state index in [4.69, 9.17) is 16.1 Å². The molecule has 2 atom stereocenters. The Morgan fingerprint density at radius 1 is 1.36 bits per heavy atom. The van der Waals surface area contributed by atoms with Crippen molar-refractivity contribution < 1.29 is 4.52 Å². The standard InChI is InChI=1S/C16H18ClN7O/c1-10(18-13-6-7-24-15(9-13)20-22-23-24)16-19-14(21-25-16)8-11-2-4-12(17)5-3-11/h2-5,10,13,18H,6-9H2,1H3. The summed E-state index contributed by atoms with van der Waals surface area (Å²) in [6.07, 6.45) is 2.38. The van der Waals surface area contributed by atoms with Crippen molar-refractivity contribution in [1.29, 1.82) is 0 Å². The summed E-state index contributed by atoms with van der Waals surface area (Å²) >= 11 is 5.91. The largest absolute Gasteiger partial charge is 0.338 e. The molecule has 0 bridgehead atoms. The van der Waals surface area contributed by atoms with Crippen LogP contribution in [0.1, 0.15) is 42.5 Å². The summed E-state index contributed by atoms with van der Waals surface area (Å²) in [4.78, 5) is 4.51. The lowest BCUT2D eigenvalue weighted by Crippen LogP contribution is -2.38. The van der Waals surface area contributed by atoms with Gasteiger partial charge in [0.25, 0.3) is 0 Å². The number of halogens is 1. The molecule has 0 spiro atoms. The summed E-state index contributed by atoms with van der Waals surface area (Å²) in [6.45, 7) is 2.84. The van der Waals surface area contributed by atoms with Gasteiger partial charge in [-0.1, -0.05) is 28.9 Å². The second-order valence-corrected chi connectivity index (χ2v) is 6.68. The molecular weight excluding hydrogens is 342 g/mol. The average Bonchev–Trinajstić information content (AvgIpc) is 3.26. The molecule has 2 unspecified atom stereocenters. The van der Waals surface area contributed by atoms with Gasteiger partial charge in [0.05, 0.1) is 6.04 Å². The number of hydrogen-bond donors (Lipinski definition) is 1. The highest BCUT2D eigenvalue weighted by molar-refractivity contribution is 6.30. The van der Waals surface area contributed by atoms with Crippen molar-refractivity contribution in [3.8, 4) is 0 Å². The maximum Gasteiger partial charge on any atom is 0.243 e. The molecule has 130 valence electrons. The van der Waals surface area contributed by atoms with E-state index >= 15 is 0 Å². The predicted octanol–water partition coefficient (Wildman–Crippen LogP) is 1.97. The van der Waals surface area contributed by atoms with Crippen molar-refractivity contribution in [2.75, 3.05) is 0 Å². The Bertz CT molecular complexity index is 844. The van der Waals surface area contributed by atoms with Crippen molar-refractivity contribution >= 4 is 11.6 Å². The van der Waals surface area contributed by atoms with Crippen LogP contribution < -0.4 is 5.32 Å².